The third-order valence-corrected chi connectivity index (χ3v) is 9.75. The van der Waals surface area contributed by atoms with Crippen LogP contribution in [-0.4, -0.2) is 34.9 Å². The molecule has 1 N–H and O–H groups in total. The monoisotopic (exact) mass is 459 g/mol. The van der Waals surface area contributed by atoms with Gasteiger partial charge in [0, 0.05) is 31.3 Å². The zero-order valence-corrected chi connectivity index (χ0v) is 20.0. The Morgan fingerprint density at radius 3 is 2.73 bits per heavy atom. The highest BCUT2D eigenvalue weighted by Crippen LogP contribution is 2.68. The summed E-state index contributed by atoms with van der Waals surface area (Å²) in [6.45, 7) is 3.63. The van der Waals surface area contributed by atoms with E-state index in [1.165, 1.54) is 17.5 Å². The number of aryl methyl sites for hydroxylation is 1. The van der Waals surface area contributed by atoms with Crippen molar-refractivity contribution in [2.45, 2.75) is 95.8 Å². The number of hydrogen-bond acceptors (Lipinski definition) is 2. The Bertz CT molecular complexity index is 881. The second-order valence-electron chi connectivity index (χ2n) is 11.5. The maximum atomic E-state index is 15.4. The maximum Gasteiger partial charge on any atom is 0.253 e. The highest BCUT2D eigenvalue weighted by atomic mass is 19.3. The molecule has 1 unspecified atom stereocenters. The minimum absolute atomic E-state index is 0.0138. The zero-order chi connectivity index (χ0) is 23.2. The fourth-order valence-corrected chi connectivity index (χ4v) is 8.07. The molecular weight excluding hydrogens is 420 g/mol. The predicted octanol–water partition coefficient (Wildman–Crippen LogP) is 6.68. The molecule has 0 radical (unpaired) electrons. The maximum absolute atomic E-state index is 15.4. The van der Waals surface area contributed by atoms with Gasteiger partial charge in [-0.25, -0.2) is 8.78 Å². The highest BCUT2D eigenvalue weighted by Gasteiger charge is 2.67. The number of benzene rings is 1. The summed E-state index contributed by atoms with van der Waals surface area (Å²) in [7, 11) is 0. The molecule has 2 saturated carbocycles. The molecule has 1 aromatic rings. The fourth-order valence-electron chi connectivity index (χ4n) is 8.07. The Morgan fingerprint density at radius 1 is 1.15 bits per heavy atom. The quantitative estimate of drug-likeness (QED) is 0.499. The van der Waals surface area contributed by atoms with E-state index in [1.54, 1.807) is 6.07 Å². The topological polar surface area (TPSA) is 40.5 Å². The number of likely N-dealkylation sites (tertiary alicyclic amines) is 1. The molecule has 5 atom stereocenters. The lowest BCUT2D eigenvalue weighted by molar-refractivity contribution is -0.133. The molecule has 3 nitrogen and oxygen atoms in total. The van der Waals surface area contributed by atoms with Crippen molar-refractivity contribution in [2.24, 2.45) is 23.2 Å². The largest absolute Gasteiger partial charge is 0.508 e. The van der Waals surface area contributed by atoms with Gasteiger partial charge in [0.2, 0.25) is 5.91 Å². The number of hydrogen-bond donors (Lipinski definition) is 1. The lowest BCUT2D eigenvalue weighted by Gasteiger charge is -2.51. The van der Waals surface area contributed by atoms with Crippen molar-refractivity contribution in [3.8, 4) is 5.75 Å². The fraction of sp³-hybridized carbons (Fsp3) is 0.750. The number of phenolic OH excluding ortho intramolecular Hbond substituents is 1. The zero-order valence-electron chi connectivity index (χ0n) is 20.0. The number of unbranched alkanes of at least 4 members (excludes halogenated alkanes) is 1. The number of fused-ring (bicyclic) bond motifs is 5. The average molecular weight is 460 g/mol. The number of aromatic hydroxyl groups is 1. The number of phenols is 1. The van der Waals surface area contributed by atoms with E-state index in [-0.39, 0.29) is 24.2 Å². The van der Waals surface area contributed by atoms with Crippen molar-refractivity contribution in [2.75, 3.05) is 13.1 Å². The number of rotatable bonds is 5. The van der Waals surface area contributed by atoms with Gasteiger partial charge in [0.05, 0.1) is 0 Å². The predicted molar refractivity (Wildman–Crippen MR) is 125 cm³/mol. The van der Waals surface area contributed by atoms with Gasteiger partial charge in [-0.2, -0.15) is 0 Å². The van der Waals surface area contributed by atoms with Crippen molar-refractivity contribution in [3.63, 3.8) is 0 Å². The first-order chi connectivity index (χ1) is 15.8. The van der Waals surface area contributed by atoms with Crippen molar-refractivity contribution >= 4 is 5.91 Å². The van der Waals surface area contributed by atoms with E-state index in [1.807, 2.05) is 24.0 Å². The van der Waals surface area contributed by atoms with E-state index in [4.69, 9.17) is 0 Å². The van der Waals surface area contributed by atoms with E-state index in [9.17, 15) is 9.90 Å². The molecule has 33 heavy (non-hydrogen) atoms. The summed E-state index contributed by atoms with van der Waals surface area (Å²) in [6, 6.07) is 5.67. The van der Waals surface area contributed by atoms with E-state index >= 15 is 8.78 Å². The van der Waals surface area contributed by atoms with Crippen LogP contribution in [0.4, 0.5) is 8.78 Å². The minimum atomic E-state index is -2.61. The van der Waals surface area contributed by atoms with Gasteiger partial charge in [-0.1, -0.05) is 19.4 Å². The van der Waals surface area contributed by atoms with Crippen LogP contribution in [-0.2, 0) is 11.2 Å². The summed E-state index contributed by atoms with van der Waals surface area (Å²) in [5, 5.41) is 9.90. The Balaban J connectivity index is 1.26. The van der Waals surface area contributed by atoms with Crippen molar-refractivity contribution in [1.82, 2.24) is 4.90 Å². The first-order valence-corrected chi connectivity index (χ1v) is 13.3. The molecule has 5 rings (SSSR count). The molecule has 1 heterocycles. The van der Waals surface area contributed by atoms with Gasteiger partial charge in [-0.15, -0.1) is 0 Å². The molecular formula is C28H39F2NO2. The molecule has 0 bridgehead atoms. The molecule has 0 spiro atoms. The first kappa shape index (κ1) is 23.1. The van der Waals surface area contributed by atoms with Crippen LogP contribution in [0.15, 0.2) is 18.2 Å². The Kier molecular flexibility index (Phi) is 6.20. The Morgan fingerprint density at radius 2 is 1.94 bits per heavy atom. The number of amides is 1. The van der Waals surface area contributed by atoms with Crippen molar-refractivity contribution < 1.29 is 18.7 Å². The van der Waals surface area contributed by atoms with Crippen LogP contribution in [0.3, 0.4) is 0 Å². The third-order valence-electron chi connectivity index (χ3n) is 9.75. The highest BCUT2D eigenvalue weighted by molar-refractivity contribution is 5.76. The molecule has 182 valence electrons. The number of piperidine rings is 1. The average Bonchev–Trinajstić information content (AvgIpc) is 3.01. The van der Waals surface area contributed by atoms with Crippen molar-refractivity contribution in [1.29, 1.82) is 0 Å². The van der Waals surface area contributed by atoms with Crippen molar-refractivity contribution in [3.05, 3.63) is 29.3 Å². The molecule has 4 aliphatic rings. The summed E-state index contributed by atoms with van der Waals surface area (Å²) >= 11 is 0. The lowest BCUT2D eigenvalue weighted by Crippen LogP contribution is -2.47. The lowest BCUT2D eigenvalue weighted by atomic mass is 9.53. The summed E-state index contributed by atoms with van der Waals surface area (Å²) < 4.78 is 30.8. The second kappa shape index (κ2) is 8.85. The second-order valence-corrected chi connectivity index (χ2v) is 11.5. The Labute approximate surface area is 196 Å². The van der Waals surface area contributed by atoms with Crippen LogP contribution in [0, 0.1) is 23.2 Å². The molecule has 1 saturated heterocycles. The molecule has 0 aromatic heterocycles. The number of alkyl halides is 2. The van der Waals surface area contributed by atoms with Crippen LogP contribution in [0.5, 0.6) is 5.75 Å². The summed E-state index contributed by atoms with van der Waals surface area (Å²) in [4.78, 5) is 14.5. The van der Waals surface area contributed by atoms with Crippen LogP contribution in [0.25, 0.3) is 0 Å². The normalized spacial score (nSPS) is 34.9. The van der Waals surface area contributed by atoms with Gasteiger partial charge in [0.15, 0.2) is 0 Å². The summed E-state index contributed by atoms with van der Waals surface area (Å²) in [6.07, 6.45) is 9.73. The first-order valence-electron chi connectivity index (χ1n) is 13.3. The molecule has 3 fully saturated rings. The van der Waals surface area contributed by atoms with Crippen LogP contribution >= 0.6 is 0 Å². The smallest absolute Gasteiger partial charge is 0.253 e. The van der Waals surface area contributed by atoms with E-state index in [0.29, 0.717) is 30.4 Å². The van der Waals surface area contributed by atoms with Crippen LogP contribution < -0.4 is 0 Å². The van der Waals surface area contributed by atoms with E-state index in [2.05, 4.69) is 0 Å². The van der Waals surface area contributed by atoms with Gasteiger partial charge >= 0.3 is 0 Å². The molecule has 1 aromatic carbocycles. The molecule has 1 amide bonds. The number of halogens is 2. The van der Waals surface area contributed by atoms with Gasteiger partial charge in [0.1, 0.15) is 5.75 Å². The molecule has 3 aliphatic carbocycles. The van der Waals surface area contributed by atoms with Crippen LogP contribution in [0.2, 0.25) is 0 Å². The van der Waals surface area contributed by atoms with Crippen LogP contribution in [0.1, 0.15) is 94.6 Å². The van der Waals surface area contributed by atoms with Gasteiger partial charge in [0.25, 0.3) is 5.92 Å². The third kappa shape index (κ3) is 4.08. The SMILES string of the molecule is C[C@]12CC[C@@H]3c4ccc(O)cc4CC[C@H]3[C@@H]1C(CCCCC(=O)N1CCCCC1)CC2(F)F. The van der Waals surface area contributed by atoms with E-state index in [0.717, 1.165) is 64.5 Å². The number of nitrogens with zero attached hydrogens (tertiary/aromatic N) is 1. The number of carbonyl (C=O) groups excluding carboxylic acids is 1. The van der Waals surface area contributed by atoms with E-state index < -0.39 is 11.3 Å². The van der Waals surface area contributed by atoms with Gasteiger partial charge in [-0.05, 0) is 105 Å². The standard InChI is InChI=1S/C28H39F2NO2/c1-27-14-13-23-22-12-10-21(32)17-19(22)9-11-24(23)26(27)20(18-28(27,29)30)7-3-4-8-25(33)31-15-5-2-6-16-31/h10,12,17,20,23-24,26,32H,2-9,11,13-16,18H2,1H3/t20?,23-,24-,26+,27+/m1/s1. The number of carbonyl (C=O) groups is 1. The summed E-state index contributed by atoms with van der Waals surface area (Å²) in [5.74, 6) is -1.32. The van der Waals surface area contributed by atoms with Gasteiger partial charge < -0.3 is 10.0 Å². The van der Waals surface area contributed by atoms with Gasteiger partial charge in [-0.3, -0.25) is 4.79 Å². The molecule has 5 heteroatoms. The summed E-state index contributed by atoms with van der Waals surface area (Å²) in [5.41, 5.74) is 1.58. The minimum Gasteiger partial charge on any atom is -0.508 e. The Hall–Kier alpha value is -1.65. The molecule has 1 aliphatic heterocycles.